The molecule has 5 aromatic rings. The Morgan fingerprint density at radius 1 is 1.00 bits per heavy atom. The molecule has 0 bridgehead atoms. The highest BCUT2D eigenvalue weighted by Crippen LogP contribution is 2.27. The van der Waals surface area contributed by atoms with Gasteiger partial charge in [0, 0.05) is 35.1 Å². The Bertz CT molecular complexity index is 1550. The molecule has 0 atom stereocenters. The molecule has 0 fully saturated rings. The van der Waals surface area contributed by atoms with Crippen LogP contribution in [0.5, 0.6) is 0 Å². The van der Waals surface area contributed by atoms with Crippen molar-refractivity contribution in [3.05, 3.63) is 101 Å². The zero-order chi connectivity index (χ0) is 24.4. The van der Waals surface area contributed by atoms with Crippen LogP contribution < -0.4 is 5.32 Å². The molecule has 2 aromatic heterocycles. The van der Waals surface area contributed by atoms with Gasteiger partial charge in [0.1, 0.15) is 18.2 Å². The van der Waals surface area contributed by atoms with Gasteiger partial charge in [0.25, 0.3) is 5.69 Å². The number of hydrogen-bond donors (Lipinski definition) is 2. The predicted molar refractivity (Wildman–Crippen MR) is 128 cm³/mol. The molecular formula is C24H17N7O4. The summed E-state index contributed by atoms with van der Waals surface area (Å²) >= 11 is 0. The topological polar surface area (TPSA) is 141 Å². The summed E-state index contributed by atoms with van der Waals surface area (Å²) in [7, 11) is 0. The van der Waals surface area contributed by atoms with E-state index in [9.17, 15) is 20.1 Å². The van der Waals surface area contributed by atoms with Crippen molar-refractivity contribution < 1.29 is 14.9 Å². The normalized spacial score (nSPS) is 11.2. The van der Waals surface area contributed by atoms with Crippen LogP contribution in [0.3, 0.4) is 0 Å². The summed E-state index contributed by atoms with van der Waals surface area (Å²) in [6, 6.07) is 18.3. The van der Waals surface area contributed by atoms with E-state index in [0.717, 1.165) is 16.0 Å². The predicted octanol–water partition coefficient (Wildman–Crippen LogP) is 4.08. The molecule has 2 heterocycles. The number of nitrogens with zero attached hydrogens (tertiary/aromatic N) is 6. The molecule has 5 rings (SSSR count). The van der Waals surface area contributed by atoms with Crippen molar-refractivity contribution in [2.75, 3.05) is 5.32 Å². The number of nitro groups is 1. The molecule has 172 valence electrons. The van der Waals surface area contributed by atoms with Crippen molar-refractivity contribution in [1.82, 2.24) is 24.5 Å². The smallest absolute Gasteiger partial charge is 0.271 e. The number of benzene rings is 3. The number of hydrogen-bond acceptors (Lipinski definition) is 7. The highest BCUT2D eigenvalue weighted by molar-refractivity contribution is 6.02. The number of fused-ring (bicyclic) bond motifs is 1. The molecule has 0 spiro atoms. The van der Waals surface area contributed by atoms with Gasteiger partial charge in [-0.15, -0.1) is 10.2 Å². The van der Waals surface area contributed by atoms with Gasteiger partial charge in [-0.05, 0) is 54.1 Å². The zero-order valence-corrected chi connectivity index (χ0v) is 18.0. The van der Waals surface area contributed by atoms with Gasteiger partial charge < -0.3 is 10.5 Å². The summed E-state index contributed by atoms with van der Waals surface area (Å²) in [5, 5.41) is 31.8. The fraction of sp³-hybridized carbons (Fsp3) is 0. The summed E-state index contributed by atoms with van der Waals surface area (Å²) in [5.41, 5.74) is 3.41. The van der Waals surface area contributed by atoms with Crippen LogP contribution in [0, 0.1) is 10.1 Å². The van der Waals surface area contributed by atoms with E-state index in [2.05, 4.69) is 20.5 Å². The van der Waals surface area contributed by atoms with E-state index >= 15 is 0 Å². The number of carbonyl (C=O) groups is 1. The van der Waals surface area contributed by atoms with Crippen LogP contribution in [0.25, 0.3) is 34.2 Å². The minimum atomic E-state index is -0.535. The minimum absolute atomic E-state index is 0.142. The lowest BCUT2D eigenvalue weighted by molar-refractivity contribution is -0.384. The first-order valence-corrected chi connectivity index (χ1v) is 10.4. The van der Waals surface area contributed by atoms with Crippen molar-refractivity contribution in [2.45, 2.75) is 0 Å². The molecule has 1 amide bonds. The number of nitrogens with one attached hydrogen (secondary N) is 1. The summed E-state index contributed by atoms with van der Waals surface area (Å²) in [4.78, 5) is 27.1. The van der Waals surface area contributed by atoms with Crippen LogP contribution in [0.2, 0.25) is 0 Å². The maximum Gasteiger partial charge on any atom is 0.271 e. The summed E-state index contributed by atoms with van der Waals surface area (Å²) in [6.07, 6.45) is 6.34. The Kier molecular flexibility index (Phi) is 5.47. The van der Waals surface area contributed by atoms with E-state index in [4.69, 9.17) is 0 Å². The first-order chi connectivity index (χ1) is 17.0. The van der Waals surface area contributed by atoms with E-state index in [-0.39, 0.29) is 22.9 Å². The fourth-order valence-corrected chi connectivity index (χ4v) is 3.50. The van der Waals surface area contributed by atoms with E-state index in [1.54, 1.807) is 47.6 Å². The van der Waals surface area contributed by atoms with Crippen molar-refractivity contribution in [3.8, 4) is 17.1 Å². The molecular weight excluding hydrogens is 450 g/mol. The van der Waals surface area contributed by atoms with Gasteiger partial charge in [0.15, 0.2) is 5.82 Å². The summed E-state index contributed by atoms with van der Waals surface area (Å²) in [6.45, 7) is 0. The van der Waals surface area contributed by atoms with Gasteiger partial charge in [0.05, 0.1) is 10.4 Å². The molecule has 0 aliphatic carbocycles. The van der Waals surface area contributed by atoms with Gasteiger partial charge in [-0.25, -0.2) is 4.98 Å². The molecule has 0 aliphatic rings. The molecule has 0 aliphatic heterocycles. The van der Waals surface area contributed by atoms with Crippen molar-refractivity contribution >= 4 is 34.4 Å². The SMILES string of the molecule is O=C(/C=C/c1ccc(-n2cnnc2)cc1)Nc1ccc(-c2nc3ccc([N+](=O)[O-])cc3n2O)cc1. The third-order valence-corrected chi connectivity index (χ3v) is 5.27. The average molecular weight is 467 g/mol. The molecule has 2 N–H and O–H groups in total. The second kappa shape index (κ2) is 8.90. The molecule has 0 radical (unpaired) electrons. The van der Waals surface area contributed by atoms with Crippen LogP contribution in [0.1, 0.15) is 5.56 Å². The maximum atomic E-state index is 12.3. The van der Waals surface area contributed by atoms with Crippen LogP contribution in [0.4, 0.5) is 11.4 Å². The molecule has 11 nitrogen and oxygen atoms in total. The quantitative estimate of drug-likeness (QED) is 0.166. The van der Waals surface area contributed by atoms with Crippen molar-refractivity contribution in [3.63, 3.8) is 0 Å². The van der Waals surface area contributed by atoms with Gasteiger partial charge in [-0.2, -0.15) is 4.73 Å². The minimum Gasteiger partial charge on any atom is -0.426 e. The highest BCUT2D eigenvalue weighted by Gasteiger charge is 2.15. The summed E-state index contributed by atoms with van der Waals surface area (Å²) in [5.74, 6) is -0.0736. The lowest BCUT2D eigenvalue weighted by atomic mass is 10.2. The largest absolute Gasteiger partial charge is 0.426 e. The second-order valence-electron chi connectivity index (χ2n) is 7.54. The number of non-ortho nitro benzene ring substituents is 1. The Hall–Kier alpha value is -5.32. The Morgan fingerprint density at radius 3 is 2.40 bits per heavy atom. The molecule has 35 heavy (non-hydrogen) atoms. The maximum absolute atomic E-state index is 12.3. The lowest BCUT2D eigenvalue weighted by Gasteiger charge is -2.05. The number of rotatable bonds is 6. The van der Waals surface area contributed by atoms with E-state index in [1.165, 1.54) is 24.3 Å². The molecule has 11 heteroatoms. The van der Waals surface area contributed by atoms with Crippen LogP contribution in [-0.2, 0) is 4.79 Å². The van der Waals surface area contributed by atoms with Gasteiger partial charge >= 0.3 is 0 Å². The lowest BCUT2D eigenvalue weighted by Crippen LogP contribution is -2.07. The monoisotopic (exact) mass is 467 g/mol. The van der Waals surface area contributed by atoms with E-state index in [0.29, 0.717) is 16.8 Å². The van der Waals surface area contributed by atoms with Gasteiger partial charge in [-0.1, -0.05) is 12.1 Å². The van der Waals surface area contributed by atoms with E-state index < -0.39 is 4.92 Å². The standard InChI is InChI=1S/C24H17N7O4/c32-23(12-3-16-1-8-19(9-2-16)29-14-25-26-15-29)27-18-6-4-17(5-7-18)24-28-21-11-10-20(31(34)35)13-22(21)30(24)33/h1-15,33H,(H,27,32)/b12-3+. The third kappa shape index (κ3) is 4.46. The number of imidazole rings is 1. The zero-order valence-electron chi connectivity index (χ0n) is 18.0. The molecule has 3 aromatic carbocycles. The Labute approximate surface area is 197 Å². The van der Waals surface area contributed by atoms with Crippen LogP contribution in [0.15, 0.2) is 85.5 Å². The van der Waals surface area contributed by atoms with Crippen molar-refractivity contribution in [1.29, 1.82) is 0 Å². The molecule has 0 saturated heterocycles. The highest BCUT2D eigenvalue weighted by atomic mass is 16.6. The first-order valence-electron chi connectivity index (χ1n) is 10.4. The second-order valence-corrected chi connectivity index (χ2v) is 7.54. The Morgan fingerprint density at radius 2 is 1.71 bits per heavy atom. The number of aromatic nitrogens is 5. The molecule has 0 saturated carbocycles. The van der Waals surface area contributed by atoms with Crippen LogP contribution >= 0.6 is 0 Å². The number of anilines is 1. The van der Waals surface area contributed by atoms with E-state index in [1.807, 2.05) is 24.3 Å². The molecule has 0 unspecified atom stereocenters. The average Bonchev–Trinajstić information content (AvgIpc) is 3.52. The first kappa shape index (κ1) is 21.5. The van der Waals surface area contributed by atoms with Crippen LogP contribution in [-0.4, -0.2) is 40.5 Å². The number of carbonyl (C=O) groups excluding carboxylic acids is 1. The number of nitro benzene ring substituents is 1. The number of amides is 1. The van der Waals surface area contributed by atoms with Gasteiger partial charge in [0.2, 0.25) is 5.91 Å². The van der Waals surface area contributed by atoms with Crippen molar-refractivity contribution in [2.24, 2.45) is 0 Å². The van der Waals surface area contributed by atoms with Gasteiger partial charge in [-0.3, -0.25) is 19.5 Å². The Balaban J connectivity index is 1.26. The third-order valence-electron chi connectivity index (χ3n) is 5.27. The summed E-state index contributed by atoms with van der Waals surface area (Å²) < 4.78 is 2.59. The fourth-order valence-electron chi connectivity index (χ4n) is 3.50.